The smallest absolute Gasteiger partial charge is 0.229 e. The van der Waals surface area contributed by atoms with E-state index >= 15 is 0 Å². The van der Waals surface area contributed by atoms with Crippen molar-refractivity contribution in [1.82, 2.24) is 0 Å². The first-order chi connectivity index (χ1) is 16.2. The first-order valence-electron chi connectivity index (χ1n) is 12.1. The Labute approximate surface area is 198 Å². The van der Waals surface area contributed by atoms with Gasteiger partial charge in [-0.05, 0) is 85.0 Å². The van der Waals surface area contributed by atoms with E-state index in [1.807, 2.05) is 12.1 Å². The van der Waals surface area contributed by atoms with Crippen LogP contribution in [0.1, 0.15) is 56.1 Å². The predicted octanol–water partition coefficient (Wildman–Crippen LogP) is -0.151. The van der Waals surface area contributed by atoms with E-state index in [2.05, 4.69) is 6.92 Å². The minimum atomic E-state index is -1.84. The van der Waals surface area contributed by atoms with Crippen LogP contribution in [0.4, 0.5) is 0 Å². The van der Waals surface area contributed by atoms with E-state index in [1.54, 1.807) is 0 Å². The molecule has 2 saturated carbocycles. The molecule has 188 valence electrons. The predicted molar refractivity (Wildman–Crippen MR) is 116 cm³/mol. The van der Waals surface area contributed by atoms with E-state index in [1.165, 1.54) is 12.7 Å². The Kier molecular flexibility index (Phi) is 6.05. The van der Waals surface area contributed by atoms with Crippen molar-refractivity contribution in [3.63, 3.8) is 0 Å². The van der Waals surface area contributed by atoms with Gasteiger partial charge in [0, 0.05) is 0 Å². The number of ether oxygens (including phenoxy) is 3. The molecular formula is C25H33O9-. The van der Waals surface area contributed by atoms with Crippen LogP contribution < -0.4 is 14.6 Å². The van der Waals surface area contributed by atoms with Gasteiger partial charge in [-0.15, -0.1) is 0 Å². The molecule has 9 heteroatoms. The van der Waals surface area contributed by atoms with Crippen LogP contribution in [0, 0.1) is 17.3 Å². The van der Waals surface area contributed by atoms with E-state index in [0.29, 0.717) is 23.5 Å². The number of aliphatic carboxylic acids is 1. The van der Waals surface area contributed by atoms with E-state index in [4.69, 9.17) is 14.2 Å². The molecule has 1 aromatic carbocycles. The third-order valence-electron chi connectivity index (χ3n) is 9.00. The lowest BCUT2D eigenvalue weighted by atomic mass is 9.55. The van der Waals surface area contributed by atoms with Gasteiger partial charge in [-0.3, -0.25) is 0 Å². The van der Waals surface area contributed by atoms with Crippen molar-refractivity contribution in [2.24, 2.45) is 17.3 Å². The van der Waals surface area contributed by atoms with Gasteiger partial charge in [0.05, 0.1) is 19.2 Å². The fourth-order valence-corrected chi connectivity index (χ4v) is 7.07. The van der Waals surface area contributed by atoms with Gasteiger partial charge in [0.1, 0.15) is 24.4 Å². The van der Waals surface area contributed by atoms with Crippen LogP contribution in [-0.2, 0) is 16.0 Å². The van der Waals surface area contributed by atoms with E-state index in [9.17, 15) is 30.3 Å². The number of carbonyl (C=O) groups excluding carboxylic acids is 1. The molecule has 3 fully saturated rings. The number of carboxylic acid groups (broad SMARTS) is 1. The molecule has 1 saturated heterocycles. The molecule has 4 aliphatic rings. The largest absolute Gasteiger partial charge is 0.547 e. The number of rotatable bonds is 4. The topological polar surface area (TPSA) is 149 Å². The number of aryl methyl sites for hydroxylation is 1. The molecule has 1 aliphatic heterocycles. The maximum atomic E-state index is 11.3. The molecule has 0 amide bonds. The number of hydrogen-bond acceptors (Lipinski definition) is 9. The van der Waals surface area contributed by atoms with E-state index in [0.717, 1.165) is 44.1 Å². The molecule has 0 aromatic heterocycles. The first-order valence-corrected chi connectivity index (χ1v) is 12.1. The SMILES string of the molecule is COc1cc2c(cc1O[C@@H]1O[C@H](C(=O)[O-])[C@@H](O)[C@H](O)[C@H]1O)CC[C@@H]1[C@@H]2CC[C@]2(C)[C@@H](O)CC[C@@H]12. The summed E-state index contributed by atoms with van der Waals surface area (Å²) in [4.78, 5) is 11.3. The van der Waals surface area contributed by atoms with Gasteiger partial charge in [0.2, 0.25) is 6.29 Å². The van der Waals surface area contributed by atoms with Gasteiger partial charge in [-0.25, -0.2) is 0 Å². The standard InChI is InChI=1S/C25H34O9/c1-25-8-7-12-13(15(25)5-6-18(25)26)4-3-11-9-17(16(32-2)10-14(11)12)33-24-21(29)19(27)20(28)22(34-24)23(30)31/h9-10,12-13,15,18-22,24,26-29H,3-8H2,1-2H3,(H,30,31)/p-1/t12-,13+,15-,18-,19-,20-,21+,22-,24+,25-/m0/s1. The number of aliphatic hydroxyl groups is 4. The number of fused-ring (bicyclic) bond motifs is 5. The summed E-state index contributed by atoms with van der Waals surface area (Å²) < 4.78 is 16.6. The third kappa shape index (κ3) is 3.60. The third-order valence-corrected chi connectivity index (χ3v) is 9.00. The lowest BCUT2D eigenvalue weighted by Crippen LogP contribution is -2.63. The molecule has 0 unspecified atom stereocenters. The molecule has 0 radical (unpaired) electrons. The lowest BCUT2D eigenvalue weighted by Gasteiger charge is -2.50. The summed E-state index contributed by atoms with van der Waals surface area (Å²) in [5.74, 6) is 0.338. The van der Waals surface area contributed by atoms with Gasteiger partial charge < -0.3 is 44.5 Å². The molecule has 10 atom stereocenters. The first kappa shape index (κ1) is 23.8. The fraction of sp³-hybridized carbons (Fsp3) is 0.720. The highest BCUT2D eigenvalue weighted by atomic mass is 16.7. The highest BCUT2D eigenvalue weighted by molar-refractivity contribution is 5.71. The second kappa shape index (κ2) is 8.64. The zero-order valence-corrected chi connectivity index (χ0v) is 19.4. The summed E-state index contributed by atoms with van der Waals surface area (Å²) in [6.07, 6.45) is -3.15. The monoisotopic (exact) mass is 477 g/mol. The van der Waals surface area contributed by atoms with E-state index < -0.39 is 36.7 Å². The Morgan fingerprint density at radius 2 is 1.82 bits per heavy atom. The Morgan fingerprint density at radius 1 is 1.06 bits per heavy atom. The van der Waals surface area contributed by atoms with Crippen molar-refractivity contribution in [2.45, 2.75) is 88.2 Å². The van der Waals surface area contributed by atoms with Gasteiger partial charge in [-0.2, -0.15) is 0 Å². The van der Waals surface area contributed by atoms with E-state index in [-0.39, 0.29) is 17.3 Å². The summed E-state index contributed by atoms with van der Waals surface area (Å²) in [6.45, 7) is 2.24. The maximum Gasteiger partial charge on any atom is 0.229 e. The van der Waals surface area contributed by atoms with Crippen LogP contribution in [0.3, 0.4) is 0 Å². The minimum absolute atomic E-state index is 0.0127. The molecule has 9 nitrogen and oxygen atoms in total. The number of carboxylic acids is 1. The van der Waals surface area contributed by atoms with Crippen LogP contribution in [-0.4, -0.2) is 70.3 Å². The van der Waals surface area contributed by atoms with Crippen molar-refractivity contribution < 1.29 is 44.5 Å². The normalized spacial score (nSPS) is 43.4. The summed E-state index contributed by atoms with van der Waals surface area (Å²) in [6, 6.07) is 3.79. The molecule has 4 N–H and O–H groups in total. The average Bonchev–Trinajstić information content (AvgIpc) is 3.12. The van der Waals surface area contributed by atoms with Crippen molar-refractivity contribution in [3.05, 3.63) is 23.3 Å². The number of aliphatic hydroxyl groups excluding tert-OH is 4. The summed E-state index contributed by atoms with van der Waals surface area (Å²) in [5, 5.41) is 52.2. The molecule has 1 aromatic rings. The van der Waals surface area contributed by atoms with Gasteiger partial charge >= 0.3 is 0 Å². The highest BCUT2D eigenvalue weighted by Crippen LogP contribution is 2.61. The van der Waals surface area contributed by atoms with Crippen LogP contribution in [0.15, 0.2) is 12.1 Å². The molecule has 3 aliphatic carbocycles. The van der Waals surface area contributed by atoms with Gasteiger partial charge in [0.25, 0.3) is 0 Å². The molecule has 0 bridgehead atoms. The number of methoxy groups -OCH3 is 1. The molecule has 1 heterocycles. The number of benzene rings is 1. The van der Waals surface area contributed by atoms with Crippen molar-refractivity contribution >= 4 is 5.97 Å². The van der Waals surface area contributed by atoms with Crippen molar-refractivity contribution in [3.8, 4) is 11.5 Å². The fourth-order valence-electron chi connectivity index (χ4n) is 7.07. The molecule has 0 spiro atoms. The van der Waals surface area contributed by atoms with Crippen LogP contribution in [0.5, 0.6) is 11.5 Å². The Bertz CT molecular complexity index is 951. The maximum absolute atomic E-state index is 11.3. The average molecular weight is 478 g/mol. The Morgan fingerprint density at radius 3 is 2.53 bits per heavy atom. The molecule has 34 heavy (non-hydrogen) atoms. The quantitative estimate of drug-likeness (QED) is 0.464. The zero-order chi connectivity index (χ0) is 24.4. The van der Waals surface area contributed by atoms with Crippen LogP contribution in [0.25, 0.3) is 0 Å². The number of carbonyl (C=O) groups is 1. The number of hydrogen-bond donors (Lipinski definition) is 4. The van der Waals surface area contributed by atoms with Crippen molar-refractivity contribution in [2.75, 3.05) is 7.11 Å². The molecular weight excluding hydrogens is 444 g/mol. The Hall–Kier alpha value is -1.91. The summed E-state index contributed by atoms with van der Waals surface area (Å²) in [7, 11) is 1.50. The second-order valence-electron chi connectivity index (χ2n) is 10.6. The van der Waals surface area contributed by atoms with Crippen molar-refractivity contribution in [1.29, 1.82) is 0 Å². The van der Waals surface area contributed by atoms with Gasteiger partial charge in [-0.1, -0.05) is 6.92 Å². The molecule has 5 rings (SSSR count). The van der Waals surface area contributed by atoms with Crippen LogP contribution in [0.2, 0.25) is 0 Å². The second-order valence-corrected chi connectivity index (χ2v) is 10.6. The highest BCUT2D eigenvalue weighted by Gasteiger charge is 2.54. The zero-order valence-electron chi connectivity index (χ0n) is 19.4. The lowest BCUT2D eigenvalue weighted by molar-refractivity contribution is -0.342. The summed E-state index contributed by atoms with van der Waals surface area (Å²) >= 11 is 0. The minimum Gasteiger partial charge on any atom is -0.547 e. The Balaban J connectivity index is 1.42. The van der Waals surface area contributed by atoms with Crippen LogP contribution >= 0.6 is 0 Å². The van der Waals surface area contributed by atoms with Gasteiger partial charge in [0.15, 0.2) is 11.5 Å². The summed E-state index contributed by atoms with van der Waals surface area (Å²) in [5.41, 5.74) is 2.29.